The molecule has 1 aliphatic heterocycles. The molecule has 0 aliphatic carbocycles. The molecule has 1 aliphatic rings. The van der Waals surface area contributed by atoms with Gasteiger partial charge in [0, 0.05) is 38.3 Å². The van der Waals surface area contributed by atoms with Crippen LogP contribution >= 0.6 is 0 Å². The average molecular weight is 299 g/mol. The van der Waals surface area contributed by atoms with E-state index in [9.17, 15) is 0 Å². The molecule has 1 rings (SSSR count). The molecule has 21 heavy (non-hydrogen) atoms. The van der Waals surface area contributed by atoms with Crippen molar-refractivity contribution >= 4 is 5.96 Å². The number of ether oxygens (including phenoxy) is 2. The fourth-order valence-electron chi connectivity index (χ4n) is 2.02. The molecule has 2 unspecified atom stereocenters. The zero-order chi connectivity index (χ0) is 15.5. The van der Waals surface area contributed by atoms with Crippen molar-refractivity contribution in [1.82, 2.24) is 10.6 Å². The number of aliphatic imine (C=N–C) groups is 1. The van der Waals surface area contributed by atoms with E-state index in [0.29, 0.717) is 17.9 Å². The van der Waals surface area contributed by atoms with E-state index in [4.69, 9.17) is 9.47 Å². The van der Waals surface area contributed by atoms with E-state index in [-0.39, 0.29) is 0 Å². The third kappa shape index (κ3) is 8.27. The Morgan fingerprint density at radius 3 is 2.81 bits per heavy atom. The summed E-state index contributed by atoms with van der Waals surface area (Å²) >= 11 is 0. The average Bonchev–Trinajstić information content (AvgIpc) is 2.95. The zero-order valence-corrected chi connectivity index (χ0v) is 14.2. The third-order valence-corrected chi connectivity index (χ3v) is 3.80. The molecule has 1 saturated heterocycles. The lowest BCUT2D eigenvalue weighted by atomic mass is 10.1. The smallest absolute Gasteiger partial charge is 0.191 e. The predicted molar refractivity (Wildman–Crippen MR) is 87.8 cm³/mol. The molecule has 0 bridgehead atoms. The van der Waals surface area contributed by atoms with Crippen LogP contribution in [0.5, 0.6) is 0 Å². The number of rotatable bonds is 9. The van der Waals surface area contributed by atoms with E-state index in [1.165, 1.54) is 0 Å². The van der Waals surface area contributed by atoms with Crippen LogP contribution < -0.4 is 10.6 Å². The van der Waals surface area contributed by atoms with E-state index in [2.05, 4.69) is 43.3 Å². The minimum absolute atomic E-state index is 0.418. The number of hydrogen-bond donors (Lipinski definition) is 2. The summed E-state index contributed by atoms with van der Waals surface area (Å²) in [6.07, 6.45) is 2.10. The first-order valence-corrected chi connectivity index (χ1v) is 8.33. The van der Waals surface area contributed by atoms with E-state index in [1.807, 2.05) is 0 Å². The second-order valence-electron chi connectivity index (χ2n) is 6.10. The fourth-order valence-corrected chi connectivity index (χ4v) is 2.02. The Balaban J connectivity index is 2.14. The van der Waals surface area contributed by atoms with Crippen LogP contribution in [0.4, 0.5) is 0 Å². The van der Waals surface area contributed by atoms with Gasteiger partial charge in [0.05, 0.1) is 13.2 Å². The van der Waals surface area contributed by atoms with E-state index >= 15 is 0 Å². The summed E-state index contributed by atoms with van der Waals surface area (Å²) in [5.41, 5.74) is 0. The van der Waals surface area contributed by atoms with Crippen molar-refractivity contribution in [3.05, 3.63) is 0 Å². The van der Waals surface area contributed by atoms with Crippen LogP contribution in [0.2, 0.25) is 0 Å². The normalized spacial score (nSPS) is 20.8. The molecule has 0 aromatic carbocycles. The molecule has 0 radical (unpaired) electrons. The predicted octanol–water partition coefficient (Wildman–Crippen LogP) is 2.03. The summed E-state index contributed by atoms with van der Waals surface area (Å²) in [7, 11) is 0. The summed E-state index contributed by atoms with van der Waals surface area (Å²) < 4.78 is 11.0. The van der Waals surface area contributed by atoms with Crippen LogP contribution in [-0.2, 0) is 9.47 Å². The highest BCUT2D eigenvalue weighted by molar-refractivity contribution is 5.80. The molecule has 0 saturated carbocycles. The lowest BCUT2D eigenvalue weighted by Crippen LogP contribution is -2.44. The Morgan fingerprint density at radius 1 is 1.38 bits per heavy atom. The van der Waals surface area contributed by atoms with Crippen molar-refractivity contribution in [2.45, 2.75) is 46.6 Å². The van der Waals surface area contributed by atoms with Gasteiger partial charge < -0.3 is 20.1 Å². The van der Waals surface area contributed by atoms with Crippen LogP contribution in [-0.4, -0.2) is 51.5 Å². The summed E-state index contributed by atoms with van der Waals surface area (Å²) in [5.74, 6) is 2.09. The molecular weight excluding hydrogens is 266 g/mol. The van der Waals surface area contributed by atoms with Gasteiger partial charge in [0.15, 0.2) is 5.96 Å². The molecule has 1 heterocycles. The van der Waals surface area contributed by atoms with Crippen molar-refractivity contribution in [1.29, 1.82) is 0 Å². The molecule has 2 atom stereocenters. The Kier molecular flexibility index (Phi) is 9.42. The minimum atomic E-state index is 0.418. The van der Waals surface area contributed by atoms with Crippen molar-refractivity contribution in [2.75, 3.05) is 39.5 Å². The number of nitrogens with one attached hydrogen (secondary N) is 2. The van der Waals surface area contributed by atoms with Crippen LogP contribution in [0, 0.1) is 11.8 Å². The van der Waals surface area contributed by atoms with Crippen molar-refractivity contribution in [2.24, 2.45) is 16.8 Å². The SMILES string of the molecule is CCNC(=NCCCOCC1CCOC1)NC(C)C(C)C. The van der Waals surface area contributed by atoms with Gasteiger partial charge in [0.2, 0.25) is 0 Å². The maximum atomic E-state index is 5.69. The fraction of sp³-hybridized carbons (Fsp3) is 0.938. The van der Waals surface area contributed by atoms with Gasteiger partial charge >= 0.3 is 0 Å². The molecule has 0 aromatic heterocycles. The summed E-state index contributed by atoms with van der Waals surface area (Å²) in [6.45, 7) is 13.7. The minimum Gasteiger partial charge on any atom is -0.381 e. The summed E-state index contributed by atoms with van der Waals surface area (Å²) in [6, 6.07) is 0.418. The lowest BCUT2D eigenvalue weighted by molar-refractivity contribution is 0.0893. The van der Waals surface area contributed by atoms with Crippen LogP contribution in [0.15, 0.2) is 4.99 Å². The van der Waals surface area contributed by atoms with Gasteiger partial charge in [-0.05, 0) is 32.6 Å². The van der Waals surface area contributed by atoms with Crippen LogP contribution in [0.3, 0.4) is 0 Å². The number of guanidine groups is 1. The highest BCUT2D eigenvalue weighted by atomic mass is 16.5. The third-order valence-electron chi connectivity index (χ3n) is 3.80. The Hall–Kier alpha value is -0.810. The first-order chi connectivity index (χ1) is 10.1. The molecule has 124 valence electrons. The van der Waals surface area contributed by atoms with Crippen LogP contribution in [0.1, 0.15) is 40.5 Å². The van der Waals surface area contributed by atoms with Crippen LogP contribution in [0.25, 0.3) is 0 Å². The molecule has 0 spiro atoms. The monoisotopic (exact) mass is 299 g/mol. The van der Waals surface area contributed by atoms with Gasteiger partial charge in [-0.2, -0.15) is 0 Å². The molecule has 0 amide bonds. The maximum absolute atomic E-state index is 5.69. The zero-order valence-electron chi connectivity index (χ0n) is 14.2. The first-order valence-electron chi connectivity index (χ1n) is 8.33. The van der Waals surface area contributed by atoms with E-state index in [0.717, 1.165) is 58.3 Å². The van der Waals surface area contributed by atoms with E-state index in [1.54, 1.807) is 0 Å². The number of nitrogens with zero attached hydrogens (tertiary/aromatic N) is 1. The molecule has 5 nitrogen and oxygen atoms in total. The van der Waals surface area contributed by atoms with Gasteiger partial charge in [-0.15, -0.1) is 0 Å². The highest BCUT2D eigenvalue weighted by Gasteiger charge is 2.15. The van der Waals surface area contributed by atoms with Gasteiger partial charge in [0.1, 0.15) is 0 Å². The quantitative estimate of drug-likeness (QED) is 0.388. The Labute approximate surface area is 129 Å². The highest BCUT2D eigenvalue weighted by Crippen LogP contribution is 2.12. The van der Waals surface area contributed by atoms with E-state index < -0.39 is 0 Å². The van der Waals surface area contributed by atoms with Gasteiger partial charge in [0.25, 0.3) is 0 Å². The van der Waals surface area contributed by atoms with Crippen molar-refractivity contribution < 1.29 is 9.47 Å². The standard InChI is InChI=1S/C16H33N3O2/c1-5-17-16(19-14(4)13(2)3)18-8-6-9-20-11-15-7-10-21-12-15/h13-15H,5-12H2,1-4H3,(H2,17,18,19). The summed E-state index contributed by atoms with van der Waals surface area (Å²) in [5, 5.41) is 6.72. The molecular formula is C16H33N3O2. The second-order valence-corrected chi connectivity index (χ2v) is 6.10. The number of hydrogen-bond acceptors (Lipinski definition) is 3. The first kappa shape index (κ1) is 18.2. The summed E-state index contributed by atoms with van der Waals surface area (Å²) in [4.78, 5) is 4.59. The Morgan fingerprint density at radius 2 is 2.19 bits per heavy atom. The van der Waals surface area contributed by atoms with Gasteiger partial charge in [-0.1, -0.05) is 13.8 Å². The van der Waals surface area contributed by atoms with Crippen molar-refractivity contribution in [3.8, 4) is 0 Å². The maximum Gasteiger partial charge on any atom is 0.191 e. The largest absolute Gasteiger partial charge is 0.381 e. The molecule has 2 N–H and O–H groups in total. The topological polar surface area (TPSA) is 54.9 Å². The van der Waals surface area contributed by atoms with Gasteiger partial charge in [-0.25, -0.2) is 0 Å². The van der Waals surface area contributed by atoms with Gasteiger partial charge in [-0.3, -0.25) is 4.99 Å². The second kappa shape index (κ2) is 10.9. The molecule has 0 aromatic rings. The lowest BCUT2D eigenvalue weighted by Gasteiger charge is -2.20. The molecule has 5 heteroatoms. The Bertz CT molecular complexity index is 289. The van der Waals surface area contributed by atoms with Crippen molar-refractivity contribution in [3.63, 3.8) is 0 Å². The molecule has 1 fully saturated rings.